The van der Waals surface area contributed by atoms with Crippen LogP contribution < -0.4 is 5.32 Å². The molecular weight excluding hydrogens is 224 g/mol. The lowest BCUT2D eigenvalue weighted by Crippen LogP contribution is -2.49. The van der Waals surface area contributed by atoms with Crippen LogP contribution in [0, 0.1) is 5.92 Å². The predicted molar refractivity (Wildman–Crippen MR) is 75.9 cm³/mol. The minimum Gasteiger partial charge on any atom is -0.376 e. The van der Waals surface area contributed by atoms with Gasteiger partial charge in [-0.15, -0.1) is 0 Å². The molecule has 1 aliphatic heterocycles. The molecule has 3 unspecified atom stereocenters. The van der Waals surface area contributed by atoms with Gasteiger partial charge >= 0.3 is 0 Å². The molecular formula is C15H30N2O. The Hall–Kier alpha value is -0.120. The van der Waals surface area contributed by atoms with E-state index in [4.69, 9.17) is 4.74 Å². The standard InChI is InChI=1S/C15H30N2O/c1-3-14-12-17(9-10-18-14)11-13-7-5-6-8-15(13)16-4-2/h13-16H,3-12H2,1-2H3. The lowest BCUT2D eigenvalue weighted by Gasteiger charge is -2.39. The zero-order valence-electron chi connectivity index (χ0n) is 12.2. The molecule has 18 heavy (non-hydrogen) atoms. The normalized spacial score (nSPS) is 34.7. The van der Waals surface area contributed by atoms with Gasteiger partial charge in [0.2, 0.25) is 0 Å². The first-order valence-electron chi connectivity index (χ1n) is 7.90. The minimum absolute atomic E-state index is 0.472. The van der Waals surface area contributed by atoms with E-state index < -0.39 is 0 Å². The molecule has 0 amide bonds. The van der Waals surface area contributed by atoms with Gasteiger partial charge in [-0.3, -0.25) is 4.90 Å². The lowest BCUT2D eigenvalue weighted by atomic mass is 9.84. The molecule has 0 radical (unpaired) electrons. The van der Waals surface area contributed by atoms with Crippen molar-refractivity contribution in [3.05, 3.63) is 0 Å². The fourth-order valence-corrected chi connectivity index (χ4v) is 3.48. The molecule has 1 aliphatic carbocycles. The Balaban J connectivity index is 1.82. The highest BCUT2D eigenvalue weighted by molar-refractivity contribution is 4.84. The number of nitrogens with one attached hydrogen (secondary N) is 1. The number of hydrogen-bond acceptors (Lipinski definition) is 3. The molecule has 2 aliphatic rings. The van der Waals surface area contributed by atoms with E-state index in [1.165, 1.54) is 32.2 Å². The summed E-state index contributed by atoms with van der Waals surface area (Å²) in [5.41, 5.74) is 0. The molecule has 1 saturated heterocycles. The van der Waals surface area contributed by atoms with E-state index in [0.29, 0.717) is 6.10 Å². The minimum atomic E-state index is 0.472. The average Bonchev–Trinajstić information content (AvgIpc) is 2.41. The van der Waals surface area contributed by atoms with E-state index in [9.17, 15) is 0 Å². The van der Waals surface area contributed by atoms with Gasteiger partial charge in [0.05, 0.1) is 12.7 Å². The van der Waals surface area contributed by atoms with Gasteiger partial charge in [0.25, 0.3) is 0 Å². The highest BCUT2D eigenvalue weighted by atomic mass is 16.5. The molecule has 0 bridgehead atoms. The van der Waals surface area contributed by atoms with Crippen LogP contribution >= 0.6 is 0 Å². The van der Waals surface area contributed by atoms with Gasteiger partial charge in [-0.1, -0.05) is 26.7 Å². The monoisotopic (exact) mass is 254 g/mol. The van der Waals surface area contributed by atoms with Gasteiger partial charge in [-0.25, -0.2) is 0 Å². The summed E-state index contributed by atoms with van der Waals surface area (Å²) in [4.78, 5) is 2.64. The van der Waals surface area contributed by atoms with Crippen molar-refractivity contribution in [3.8, 4) is 0 Å². The van der Waals surface area contributed by atoms with Crippen LogP contribution in [-0.4, -0.2) is 49.8 Å². The third-order valence-electron chi connectivity index (χ3n) is 4.55. The molecule has 0 aromatic rings. The summed E-state index contributed by atoms with van der Waals surface area (Å²) in [6.45, 7) is 10.1. The topological polar surface area (TPSA) is 24.5 Å². The fourth-order valence-electron chi connectivity index (χ4n) is 3.48. The molecule has 2 rings (SSSR count). The Morgan fingerprint density at radius 1 is 1.22 bits per heavy atom. The quantitative estimate of drug-likeness (QED) is 0.814. The first kappa shape index (κ1) is 14.3. The maximum Gasteiger partial charge on any atom is 0.0700 e. The molecule has 0 aromatic heterocycles. The smallest absolute Gasteiger partial charge is 0.0700 e. The summed E-state index contributed by atoms with van der Waals surface area (Å²) in [5.74, 6) is 0.856. The molecule has 0 spiro atoms. The van der Waals surface area contributed by atoms with Gasteiger partial charge in [0, 0.05) is 25.7 Å². The highest BCUT2D eigenvalue weighted by Gasteiger charge is 2.28. The van der Waals surface area contributed by atoms with Gasteiger partial charge in [0.15, 0.2) is 0 Å². The number of morpholine rings is 1. The summed E-state index contributed by atoms with van der Waals surface area (Å²) in [5, 5.41) is 3.69. The SMILES string of the molecule is CCNC1CCCCC1CN1CCOC(CC)C1. The van der Waals surface area contributed by atoms with Crippen molar-refractivity contribution in [2.75, 3.05) is 32.8 Å². The first-order valence-corrected chi connectivity index (χ1v) is 7.90. The third-order valence-corrected chi connectivity index (χ3v) is 4.55. The summed E-state index contributed by atoms with van der Waals surface area (Å²) < 4.78 is 5.76. The lowest BCUT2D eigenvalue weighted by molar-refractivity contribution is -0.0370. The van der Waals surface area contributed by atoms with E-state index in [2.05, 4.69) is 24.1 Å². The van der Waals surface area contributed by atoms with E-state index in [1.807, 2.05) is 0 Å². The zero-order valence-corrected chi connectivity index (χ0v) is 12.2. The van der Waals surface area contributed by atoms with Crippen LogP contribution in [0.3, 0.4) is 0 Å². The van der Waals surface area contributed by atoms with Gasteiger partial charge in [0.1, 0.15) is 0 Å². The van der Waals surface area contributed by atoms with Crippen molar-refractivity contribution in [2.24, 2.45) is 5.92 Å². The molecule has 3 nitrogen and oxygen atoms in total. The van der Waals surface area contributed by atoms with Crippen molar-refractivity contribution < 1.29 is 4.74 Å². The molecule has 106 valence electrons. The van der Waals surface area contributed by atoms with Crippen LogP contribution in [0.5, 0.6) is 0 Å². The summed E-state index contributed by atoms with van der Waals surface area (Å²) in [6.07, 6.45) is 7.24. The summed E-state index contributed by atoms with van der Waals surface area (Å²) in [7, 11) is 0. The third kappa shape index (κ3) is 3.94. The van der Waals surface area contributed by atoms with Crippen LogP contribution in [0.15, 0.2) is 0 Å². The summed E-state index contributed by atoms with van der Waals surface area (Å²) in [6, 6.07) is 0.756. The Morgan fingerprint density at radius 2 is 2.06 bits per heavy atom. The second kappa shape index (κ2) is 7.46. The van der Waals surface area contributed by atoms with Crippen molar-refractivity contribution in [1.29, 1.82) is 0 Å². The molecule has 1 N–H and O–H groups in total. The molecule has 3 atom stereocenters. The van der Waals surface area contributed by atoms with Crippen molar-refractivity contribution >= 4 is 0 Å². The van der Waals surface area contributed by atoms with Crippen LogP contribution in [-0.2, 0) is 4.74 Å². The van der Waals surface area contributed by atoms with Crippen LogP contribution in [0.25, 0.3) is 0 Å². The molecule has 3 heteroatoms. The van der Waals surface area contributed by atoms with E-state index in [1.54, 1.807) is 0 Å². The Kier molecular flexibility index (Phi) is 5.93. The number of rotatable bonds is 5. The van der Waals surface area contributed by atoms with Crippen LogP contribution in [0.1, 0.15) is 46.0 Å². The Labute approximate surface area is 112 Å². The number of ether oxygens (including phenoxy) is 1. The molecule has 1 saturated carbocycles. The second-order valence-corrected chi connectivity index (χ2v) is 5.87. The van der Waals surface area contributed by atoms with E-state index in [-0.39, 0.29) is 0 Å². The zero-order chi connectivity index (χ0) is 12.8. The van der Waals surface area contributed by atoms with Gasteiger partial charge in [-0.2, -0.15) is 0 Å². The maximum absolute atomic E-state index is 5.76. The van der Waals surface area contributed by atoms with Gasteiger partial charge in [-0.05, 0) is 31.7 Å². The van der Waals surface area contributed by atoms with E-state index in [0.717, 1.165) is 44.6 Å². The second-order valence-electron chi connectivity index (χ2n) is 5.87. The Morgan fingerprint density at radius 3 is 2.83 bits per heavy atom. The fraction of sp³-hybridized carbons (Fsp3) is 1.00. The van der Waals surface area contributed by atoms with Crippen LogP contribution in [0.4, 0.5) is 0 Å². The molecule has 1 heterocycles. The van der Waals surface area contributed by atoms with Crippen molar-refractivity contribution in [2.45, 2.75) is 58.1 Å². The van der Waals surface area contributed by atoms with Crippen molar-refractivity contribution in [3.63, 3.8) is 0 Å². The average molecular weight is 254 g/mol. The number of nitrogens with zero attached hydrogens (tertiary/aromatic N) is 1. The van der Waals surface area contributed by atoms with E-state index >= 15 is 0 Å². The van der Waals surface area contributed by atoms with Gasteiger partial charge < -0.3 is 10.1 Å². The van der Waals surface area contributed by atoms with Crippen LogP contribution in [0.2, 0.25) is 0 Å². The predicted octanol–water partition coefficient (Wildman–Crippen LogP) is 2.27. The number of hydrogen-bond donors (Lipinski definition) is 1. The molecule has 0 aromatic carbocycles. The summed E-state index contributed by atoms with van der Waals surface area (Å²) >= 11 is 0. The molecule has 2 fully saturated rings. The Bertz CT molecular complexity index is 233. The maximum atomic E-state index is 5.76. The van der Waals surface area contributed by atoms with Crippen molar-refractivity contribution in [1.82, 2.24) is 10.2 Å². The first-order chi connectivity index (χ1) is 8.83. The highest BCUT2D eigenvalue weighted by Crippen LogP contribution is 2.26. The largest absolute Gasteiger partial charge is 0.376 e.